The molecule has 0 bridgehead atoms. The first-order chi connectivity index (χ1) is 9.80. The van der Waals surface area contributed by atoms with Gasteiger partial charge in [0.2, 0.25) is 0 Å². The fraction of sp³-hybridized carbons (Fsp3) is 0.812. The van der Waals surface area contributed by atoms with Crippen LogP contribution in [0.3, 0.4) is 0 Å². The average molecular weight is 293 g/mol. The number of anilines is 1. The van der Waals surface area contributed by atoms with Crippen LogP contribution in [0, 0.1) is 5.92 Å². The quantitative estimate of drug-likeness (QED) is 0.754. The van der Waals surface area contributed by atoms with Crippen LogP contribution in [0.5, 0.6) is 0 Å². The lowest BCUT2D eigenvalue weighted by Crippen LogP contribution is -2.24. The molecule has 112 valence electrons. The van der Waals surface area contributed by atoms with E-state index in [2.05, 4.69) is 24.1 Å². The summed E-state index contributed by atoms with van der Waals surface area (Å²) in [5.41, 5.74) is 1.34. The van der Waals surface area contributed by atoms with Crippen molar-refractivity contribution in [3.8, 4) is 0 Å². The molecule has 0 saturated heterocycles. The fourth-order valence-corrected chi connectivity index (χ4v) is 3.68. The molecule has 0 unspecified atom stereocenters. The van der Waals surface area contributed by atoms with Crippen molar-refractivity contribution in [2.75, 3.05) is 18.0 Å². The molecule has 3 rings (SSSR count). The maximum Gasteiger partial charge on any atom is 0.185 e. The van der Waals surface area contributed by atoms with Gasteiger partial charge in [-0.15, -0.1) is 11.3 Å². The summed E-state index contributed by atoms with van der Waals surface area (Å²) in [4.78, 5) is 8.92. The van der Waals surface area contributed by atoms with Gasteiger partial charge in [-0.05, 0) is 44.9 Å². The highest BCUT2D eigenvalue weighted by atomic mass is 32.1. The summed E-state index contributed by atoms with van der Waals surface area (Å²) < 4.78 is 0. The molecule has 1 N–H and O–H groups in total. The van der Waals surface area contributed by atoms with Crippen LogP contribution in [0.25, 0.3) is 0 Å². The second-order valence-electron chi connectivity index (χ2n) is 6.25. The minimum atomic E-state index is 0.781. The highest BCUT2D eigenvalue weighted by molar-refractivity contribution is 7.15. The summed E-state index contributed by atoms with van der Waals surface area (Å²) in [6.45, 7) is 7.83. The van der Waals surface area contributed by atoms with Gasteiger partial charge in [0.05, 0.1) is 5.69 Å². The van der Waals surface area contributed by atoms with Gasteiger partial charge < -0.3 is 10.2 Å². The van der Waals surface area contributed by atoms with Crippen LogP contribution in [0.4, 0.5) is 5.13 Å². The zero-order valence-electron chi connectivity index (χ0n) is 12.8. The van der Waals surface area contributed by atoms with Crippen LogP contribution >= 0.6 is 11.3 Å². The Morgan fingerprint density at radius 1 is 1.25 bits per heavy atom. The van der Waals surface area contributed by atoms with Gasteiger partial charge >= 0.3 is 0 Å². The Balaban J connectivity index is 1.69. The van der Waals surface area contributed by atoms with Gasteiger partial charge in [-0.2, -0.15) is 0 Å². The molecule has 0 spiro atoms. The first-order valence-corrected chi connectivity index (χ1v) is 9.08. The largest absolute Gasteiger partial charge is 0.348 e. The molecule has 20 heavy (non-hydrogen) atoms. The molecule has 0 amide bonds. The van der Waals surface area contributed by atoms with E-state index in [1.165, 1.54) is 54.4 Å². The summed E-state index contributed by atoms with van der Waals surface area (Å²) in [5.74, 6) is 0.932. The summed E-state index contributed by atoms with van der Waals surface area (Å²) in [6.07, 6.45) is 7.86. The number of hydrogen-bond donors (Lipinski definition) is 1. The van der Waals surface area contributed by atoms with Crippen LogP contribution in [0.1, 0.15) is 56.5 Å². The molecule has 2 fully saturated rings. The van der Waals surface area contributed by atoms with E-state index < -0.39 is 0 Å². The molecule has 3 nitrogen and oxygen atoms in total. The van der Waals surface area contributed by atoms with Crippen molar-refractivity contribution in [1.29, 1.82) is 0 Å². The number of hydrogen-bond acceptors (Lipinski definition) is 4. The normalized spacial score (nSPS) is 18.5. The van der Waals surface area contributed by atoms with Gasteiger partial charge in [0.15, 0.2) is 5.13 Å². The molecular formula is C16H27N3S. The van der Waals surface area contributed by atoms with E-state index >= 15 is 0 Å². The van der Waals surface area contributed by atoms with E-state index in [1.54, 1.807) is 0 Å². The molecule has 0 aromatic carbocycles. The SMILES string of the molecule is CCCc1nc(N(CC)CC2CC2)sc1CNC1CC1. The first kappa shape index (κ1) is 14.3. The lowest BCUT2D eigenvalue weighted by atomic mass is 10.2. The van der Waals surface area contributed by atoms with Crippen molar-refractivity contribution in [3.05, 3.63) is 10.6 Å². The maximum absolute atomic E-state index is 4.95. The molecule has 1 aromatic rings. The topological polar surface area (TPSA) is 28.2 Å². The summed E-state index contributed by atoms with van der Waals surface area (Å²) >= 11 is 1.92. The summed E-state index contributed by atoms with van der Waals surface area (Å²) in [7, 11) is 0. The molecule has 1 aromatic heterocycles. The van der Waals surface area contributed by atoms with Gasteiger partial charge in [0.1, 0.15) is 0 Å². The summed E-state index contributed by atoms with van der Waals surface area (Å²) in [6, 6.07) is 0.781. The predicted molar refractivity (Wildman–Crippen MR) is 86.6 cm³/mol. The van der Waals surface area contributed by atoms with Crippen molar-refractivity contribution in [2.24, 2.45) is 5.92 Å². The Morgan fingerprint density at radius 2 is 2.05 bits per heavy atom. The molecule has 1 heterocycles. The second kappa shape index (κ2) is 6.44. The Morgan fingerprint density at radius 3 is 2.65 bits per heavy atom. The van der Waals surface area contributed by atoms with Crippen LogP contribution in [0.15, 0.2) is 0 Å². The van der Waals surface area contributed by atoms with E-state index in [4.69, 9.17) is 4.98 Å². The predicted octanol–water partition coefficient (Wildman–Crippen LogP) is 3.58. The number of thiazole rings is 1. The first-order valence-electron chi connectivity index (χ1n) is 8.27. The number of nitrogens with one attached hydrogen (secondary N) is 1. The van der Waals surface area contributed by atoms with Crippen molar-refractivity contribution < 1.29 is 0 Å². The Bertz CT molecular complexity index is 435. The molecule has 2 aliphatic rings. The van der Waals surface area contributed by atoms with Crippen molar-refractivity contribution in [3.63, 3.8) is 0 Å². The van der Waals surface area contributed by atoms with Crippen LogP contribution in [-0.4, -0.2) is 24.1 Å². The van der Waals surface area contributed by atoms with E-state index in [0.29, 0.717) is 0 Å². The number of aromatic nitrogens is 1. The Labute approximate surface area is 126 Å². The Kier molecular flexibility index (Phi) is 4.61. The third-order valence-electron chi connectivity index (χ3n) is 4.21. The average Bonchev–Trinajstić information content (AvgIpc) is 3.36. The summed E-state index contributed by atoms with van der Waals surface area (Å²) in [5, 5.41) is 4.91. The zero-order valence-corrected chi connectivity index (χ0v) is 13.6. The van der Waals surface area contributed by atoms with Crippen LogP contribution < -0.4 is 10.2 Å². The van der Waals surface area contributed by atoms with Gasteiger partial charge in [0, 0.05) is 30.6 Å². The molecule has 4 heteroatoms. The van der Waals surface area contributed by atoms with Gasteiger partial charge in [-0.3, -0.25) is 0 Å². The van der Waals surface area contributed by atoms with Gasteiger partial charge in [-0.25, -0.2) is 4.98 Å². The Hall–Kier alpha value is -0.610. The van der Waals surface area contributed by atoms with Crippen molar-refractivity contribution in [2.45, 2.75) is 65.0 Å². The molecule has 0 aliphatic heterocycles. The lowest BCUT2D eigenvalue weighted by Gasteiger charge is -2.19. The lowest BCUT2D eigenvalue weighted by molar-refractivity contribution is 0.686. The standard InChI is InChI=1S/C16H27N3S/c1-3-5-14-15(10-17-13-8-9-13)20-16(18-14)19(4-2)11-12-6-7-12/h12-13,17H,3-11H2,1-2H3. The third-order valence-corrected chi connectivity index (χ3v) is 5.37. The van der Waals surface area contributed by atoms with E-state index in [0.717, 1.165) is 31.5 Å². The zero-order chi connectivity index (χ0) is 13.9. The second-order valence-corrected chi connectivity index (χ2v) is 7.32. The van der Waals surface area contributed by atoms with E-state index in [1.807, 2.05) is 11.3 Å². The maximum atomic E-state index is 4.95. The molecule has 0 radical (unpaired) electrons. The number of aryl methyl sites for hydroxylation is 1. The van der Waals surface area contributed by atoms with Crippen LogP contribution in [-0.2, 0) is 13.0 Å². The molecular weight excluding hydrogens is 266 g/mol. The van der Waals surface area contributed by atoms with Gasteiger partial charge in [0.25, 0.3) is 0 Å². The molecule has 2 aliphatic carbocycles. The number of nitrogens with zero attached hydrogens (tertiary/aromatic N) is 2. The molecule has 0 atom stereocenters. The number of rotatable bonds is 9. The smallest absolute Gasteiger partial charge is 0.185 e. The van der Waals surface area contributed by atoms with Crippen LogP contribution in [0.2, 0.25) is 0 Å². The highest BCUT2D eigenvalue weighted by Gasteiger charge is 2.26. The monoisotopic (exact) mass is 293 g/mol. The minimum absolute atomic E-state index is 0.781. The molecule has 2 saturated carbocycles. The van der Waals surface area contributed by atoms with E-state index in [-0.39, 0.29) is 0 Å². The van der Waals surface area contributed by atoms with Crippen molar-refractivity contribution >= 4 is 16.5 Å². The highest BCUT2D eigenvalue weighted by Crippen LogP contribution is 2.34. The minimum Gasteiger partial charge on any atom is -0.348 e. The van der Waals surface area contributed by atoms with E-state index in [9.17, 15) is 0 Å². The van der Waals surface area contributed by atoms with Crippen molar-refractivity contribution in [1.82, 2.24) is 10.3 Å². The third kappa shape index (κ3) is 3.73. The van der Waals surface area contributed by atoms with Gasteiger partial charge in [-0.1, -0.05) is 13.3 Å². The fourth-order valence-electron chi connectivity index (χ4n) is 2.55.